The normalized spacial score (nSPS) is 41.8. The lowest BCUT2D eigenvalue weighted by Gasteiger charge is -2.38. The number of aldehydes is 1. The molecule has 1 aliphatic rings. The fourth-order valence-corrected chi connectivity index (χ4v) is 1.29. The minimum Gasteiger partial charge on any atom is -0.303 e. The highest BCUT2D eigenvalue weighted by molar-refractivity contribution is 5.61. The maximum atomic E-state index is 12.2. The summed E-state index contributed by atoms with van der Waals surface area (Å²) in [4.78, 5) is 10.3. The van der Waals surface area contributed by atoms with Gasteiger partial charge in [-0.3, -0.25) is 0 Å². The number of hydrogen-bond acceptors (Lipinski definition) is 1. The summed E-state index contributed by atoms with van der Waals surface area (Å²) in [6.45, 7) is 1.93. The number of carbonyl (C=O) groups excluding carboxylic acids is 1. The molecule has 0 aromatic carbocycles. The van der Waals surface area contributed by atoms with Gasteiger partial charge in [0.1, 0.15) is 12.5 Å². The van der Waals surface area contributed by atoms with E-state index in [4.69, 9.17) is 0 Å². The van der Waals surface area contributed by atoms with Crippen molar-refractivity contribution < 1.29 is 9.18 Å². The summed E-state index contributed by atoms with van der Waals surface area (Å²) < 4.78 is 12.2. The molecule has 0 spiro atoms. The molecule has 0 aromatic rings. The van der Waals surface area contributed by atoms with E-state index in [-0.39, 0.29) is 5.41 Å². The van der Waals surface area contributed by atoms with E-state index in [9.17, 15) is 9.18 Å². The Kier molecular flexibility index (Phi) is 1.56. The van der Waals surface area contributed by atoms with Gasteiger partial charge in [0.25, 0.3) is 0 Å². The molecule has 52 valence electrons. The van der Waals surface area contributed by atoms with Gasteiger partial charge in [0.15, 0.2) is 0 Å². The molecular weight excluding hydrogens is 119 g/mol. The standard InChI is InChI=1S/C7H11FO/c1-2-7(5-9)3-6(8)4-7/h5-6H,2-4H2,1H3. The van der Waals surface area contributed by atoms with Crippen LogP contribution in [0.5, 0.6) is 0 Å². The fraction of sp³-hybridized carbons (Fsp3) is 0.857. The zero-order valence-corrected chi connectivity index (χ0v) is 5.56. The molecule has 0 bridgehead atoms. The van der Waals surface area contributed by atoms with E-state index in [2.05, 4.69) is 0 Å². The molecule has 0 saturated heterocycles. The number of carbonyl (C=O) groups is 1. The van der Waals surface area contributed by atoms with Crippen molar-refractivity contribution in [3.05, 3.63) is 0 Å². The predicted octanol–water partition coefficient (Wildman–Crippen LogP) is 1.71. The molecule has 0 amide bonds. The van der Waals surface area contributed by atoms with Crippen molar-refractivity contribution in [3.63, 3.8) is 0 Å². The highest BCUT2D eigenvalue weighted by atomic mass is 19.1. The number of hydrogen-bond donors (Lipinski definition) is 0. The minimum atomic E-state index is -0.713. The second-order valence-electron chi connectivity index (χ2n) is 2.84. The molecule has 0 radical (unpaired) electrons. The molecule has 1 rings (SSSR count). The third kappa shape index (κ3) is 0.979. The van der Waals surface area contributed by atoms with Crippen LogP contribution in [-0.2, 0) is 4.79 Å². The minimum absolute atomic E-state index is 0.278. The molecule has 0 heterocycles. The monoisotopic (exact) mass is 130 g/mol. The molecule has 1 aliphatic carbocycles. The second-order valence-corrected chi connectivity index (χ2v) is 2.84. The third-order valence-corrected chi connectivity index (χ3v) is 2.21. The quantitative estimate of drug-likeness (QED) is 0.520. The molecule has 0 aliphatic heterocycles. The van der Waals surface area contributed by atoms with Crippen molar-refractivity contribution in [3.8, 4) is 0 Å². The maximum absolute atomic E-state index is 12.2. The first-order valence-electron chi connectivity index (χ1n) is 3.33. The molecule has 1 fully saturated rings. The van der Waals surface area contributed by atoms with Crippen LogP contribution in [0.1, 0.15) is 26.2 Å². The largest absolute Gasteiger partial charge is 0.303 e. The third-order valence-electron chi connectivity index (χ3n) is 2.21. The fourth-order valence-electron chi connectivity index (χ4n) is 1.29. The summed E-state index contributed by atoms with van der Waals surface area (Å²) in [5, 5.41) is 0. The molecule has 9 heavy (non-hydrogen) atoms. The van der Waals surface area contributed by atoms with Gasteiger partial charge in [-0.15, -0.1) is 0 Å². The van der Waals surface area contributed by atoms with Gasteiger partial charge in [-0.25, -0.2) is 4.39 Å². The maximum Gasteiger partial charge on any atom is 0.126 e. The first kappa shape index (κ1) is 6.72. The van der Waals surface area contributed by atoms with Crippen molar-refractivity contribution in [1.82, 2.24) is 0 Å². The van der Waals surface area contributed by atoms with Crippen LogP contribution in [0.4, 0.5) is 4.39 Å². The van der Waals surface area contributed by atoms with E-state index in [1.54, 1.807) is 0 Å². The van der Waals surface area contributed by atoms with Crippen molar-refractivity contribution in [2.24, 2.45) is 5.41 Å². The van der Waals surface area contributed by atoms with Gasteiger partial charge >= 0.3 is 0 Å². The predicted molar refractivity (Wildman–Crippen MR) is 32.9 cm³/mol. The van der Waals surface area contributed by atoms with Crippen LogP contribution in [0.15, 0.2) is 0 Å². The Balaban J connectivity index is 2.45. The first-order chi connectivity index (χ1) is 4.22. The van der Waals surface area contributed by atoms with Gasteiger partial charge in [0, 0.05) is 5.41 Å². The van der Waals surface area contributed by atoms with Crippen molar-refractivity contribution in [2.75, 3.05) is 0 Å². The van der Waals surface area contributed by atoms with Crippen LogP contribution in [0.3, 0.4) is 0 Å². The van der Waals surface area contributed by atoms with E-state index in [0.717, 1.165) is 12.7 Å². The lowest BCUT2D eigenvalue weighted by molar-refractivity contribution is -0.124. The van der Waals surface area contributed by atoms with Crippen LogP contribution in [0, 0.1) is 5.41 Å². The summed E-state index contributed by atoms with van der Waals surface area (Å²) in [5.74, 6) is 0. The molecule has 1 nitrogen and oxygen atoms in total. The summed E-state index contributed by atoms with van der Waals surface area (Å²) in [5.41, 5.74) is -0.278. The molecular formula is C7H11FO. The van der Waals surface area contributed by atoms with Crippen LogP contribution in [0.2, 0.25) is 0 Å². The summed E-state index contributed by atoms with van der Waals surface area (Å²) in [6.07, 6.45) is 1.88. The smallest absolute Gasteiger partial charge is 0.126 e. The topological polar surface area (TPSA) is 17.1 Å². The molecule has 0 aromatic heterocycles. The zero-order chi connectivity index (χ0) is 6.91. The number of alkyl halides is 1. The van der Waals surface area contributed by atoms with Gasteiger partial charge < -0.3 is 4.79 Å². The Hall–Kier alpha value is -0.400. The van der Waals surface area contributed by atoms with E-state index in [0.29, 0.717) is 12.8 Å². The lowest BCUT2D eigenvalue weighted by Crippen LogP contribution is -2.39. The van der Waals surface area contributed by atoms with E-state index in [1.807, 2.05) is 6.92 Å². The zero-order valence-electron chi connectivity index (χ0n) is 5.56. The van der Waals surface area contributed by atoms with Crippen molar-refractivity contribution in [1.29, 1.82) is 0 Å². The van der Waals surface area contributed by atoms with Crippen LogP contribution >= 0.6 is 0 Å². The SMILES string of the molecule is CCC1(C=O)CC(F)C1. The Morgan fingerprint density at radius 2 is 2.33 bits per heavy atom. The summed E-state index contributed by atoms with van der Waals surface area (Å²) in [7, 11) is 0. The van der Waals surface area contributed by atoms with Crippen molar-refractivity contribution in [2.45, 2.75) is 32.4 Å². The van der Waals surface area contributed by atoms with Gasteiger partial charge in [-0.05, 0) is 19.3 Å². The lowest BCUT2D eigenvalue weighted by atomic mass is 9.67. The van der Waals surface area contributed by atoms with Crippen LogP contribution in [0.25, 0.3) is 0 Å². The average Bonchev–Trinajstić information content (AvgIpc) is 1.81. The Bertz CT molecular complexity index is 116. The highest BCUT2D eigenvalue weighted by Gasteiger charge is 2.42. The molecule has 0 N–H and O–H groups in total. The average molecular weight is 130 g/mol. The Morgan fingerprint density at radius 3 is 2.44 bits per heavy atom. The van der Waals surface area contributed by atoms with Crippen LogP contribution in [-0.4, -0.2) is 12.5 Å². The van der Waals surface area contributed by atoms with Crippen LogP contribution < -0.4 is 0 Å². The first-order valence-corrected chi connectivity index (χ1v) is 3.33. The molecule has 0 unspecified atom stereocenters. The van der Waals surface area contributed by atoms with Gasteiger partial charge in [-0.1, -0.05) is 6.92 Å². The second kappa shape index (κ2) is 2.09. The highest BCUT2D eigenvalue weighted by Crippen LogP contribution is 2.43. The molecule has 1 saturated carbocycles. The van der Waals surface area contributed by atoms with E-state index < -0.39 is 6.17 Å². The van der Waals surface area contributed by atoms with E-state index in [1.165, 1.54) is 0 Å². The van der Waals surface area contributed by atoms with Crippen molar-refractivity contribution >= 4 is 6.29 Å². The molecule has 0 atom stereocenters. The number of halogens is 1. The van der Waals surface area contributed by atoms with Gasteiger partial charge in [0.05, 0.1) is 0 Å². The van der Waals surface area contributed by atoms with E-state index >= 15 is 0 Å². The summed E-state index contributed by atoms with van der Waals surface area (Å²) >= 11 is 0. The number of rotatable bonds is 2. The Morgan fingerprint density at radius 1 is 1.78 bits per heavy atom. The van der Waals surface area contributed by atoms with Gasteiger partial charge in [-0.2, -0.15) is 0 Å². The molecule has 2 heteroatoms. The van der Waals surface area contributed by atoms with Gasteiger partial charge in [0.2, 0.25) is 0 Å². The summed E-state index contributed by atoms with van der Waals surface area (Å²) in [6, 6.07) is 0. The Labute approximate surface area is 54.3 Å².